The summed E-state index contributed by atoms with van der Waals surface area (Å²) in [5.41, 5.74) is 2.36. The van der Waals surface area contributed by atoms with E-state index in [1.54, 1.807) is 19.2 Å². The number of fused-ring (bicyclic) bond motifs is 1. The molecule has 134 valence electrons. The number of aryl methyl sites for hydroxylation is 1. The second kappa shape index (κ2) is 7.49. The minimum Gasteiger partial charge on any atom is -0.457 e. The molecule has 2 atom stereocenters. The summed E-state index contributed by atoms with van der Waals surface area (Å²) in [6.45, 7) is 3.47. The normalized spacial score (nSPS) is 13.3. The fraction of sp³-hybridized carbons (Fsp3) is 0.250. The molecule has 6 nitrogen and oxygen atoms in total. The number of rotatable bonds is 5. The number of aliphatic hydroxyl groups excluding tert-OH is 1. The Morgan fingerprint density at radius 1 is 1.23 bits per heavy atom. The maximum atomic E-state index is 12.2. The summed E-state index contributed by atoms with van der Waals surface area (Å²) >= 11 is 0. The van der Waals surface area contributed by atoms with Crippen molar-refractivity contribution in [3.8, 4) is 0 Å². The first-order valence-corrected chi connectivity index (χ1v) is 8.34. The van der Waals surface area contributed by atoms with Crippen molar-refractivity contribution in [2.45, 2.75) is 32.5 Å². The zero-order valence-corrected chi connectivity index (χ0v) is 14.6. The number of hydrogen-bond acceptors (Lipinski definition) is 5. The lowest BCUT2D eigenvalue weighted by Gasteiger charge is -2.18. The van der Waals surface area contributed by atoms with Gasteiger partial charge >= 0.3 is 5.97 Å². The minimum absolute atomic E-state index is 0.170. The number of hydrogen-bond donors (Lipinski definition) is 1. The Balaban J connectivity index is 1.70. The van der Waals surface area contributed by atoms with Crippen LogP contribution in [0.3, 0.4) is 0 Å². The fourth-order valence-corrected chi connectivity index (χ4v) is 2.71. The molecule has 1 N–H and O–H groups in total. The number of esters is 1. The van der Waals surface area contributed by atoms with Crippen LogP contribution >= 0.6 is 0 Å². The highest BCUT2D eigenvalue weighted by Crippen LogP contribution is 2.20. The van der Waals surface area contributed by atoms with Gasteiger partial charge in [-0.15, -0.1) is 0 Å². The standard InChI is InChI=1S/C20H20N2O4/c1-13-8-9-17-21-16(10-18(23)22(17)11-13)12-26-20(25)19(24)14(2)15-6-4-3-5-7-15/h3-11,14,19,24H,12H2,1-2H3. The summed E-state index contributed by atoms with van der Waals surface area (Å²) in [6, 6.07) is 14.1. The summed E-state index contributed by atoms with van der Waals surface area (Å²) in [4.78, 5) is 28.6. The Morgan fingerprint density at radius 3 is 2.69 bits per heavy atom. The first-order valence-electron chi connectivity index (χ1n) is 8.34. The van der Waals surface area contributed by atoms with Gasteiger partial charge in [0.25, 0.3) is 5.56 Å². The highest BCUT2D eigenvalue weighted by molar-refractivity contribution is 5.75. The quantitative estimate of drug-likeness (QED) is 0.712. The highest BCUT2D eigenvalue weighted by atomic mass is 16.5. The second-order valence-corrected chi connectivity index (χ2v) is 6.27. The SMILES string of the molecule is Cc1ccc2nc(COC(=O)C(O)C(C)c3ccccc3)cc(=O)n2c1. The van der Waals surface area contributed by atoms with Crippen molar-refractivity contribution >= 4 is 11.6 Å². The molecule has 0 aliphatic rings. The number of pyridine rings is 1. The summed E-state index contributed by atoms with van der Waals surface area (Å²) in [5.74, 6) is -1.14. The summed E-state index contributed by atoms with van der Waals surface area (Å²) in [7, 11) is 0. The molecule has 6 heteroatoms. The molecule has 3 aromatic rings. The highest BCUT2D eigenvalue weighted by Gasteiger charge is 2.25. The van der Waals surface area contributed by atoms with E-state index in [9.17, 15) is 14.7 Å². The van der Waals surface area contributed by atoms with Gasteiger partial charge in [-0.1, -0.05) is 43.3 Å². The molecule has 2 unspecified atom stereocenters. The van der Waals surface area contributed by atoms with E-state index in [0.29, 0.717) is 11.3 Å². The minimum atomic E-state index is -1.29. The van der Waals surface area contributed by atoms with Gasteiger partial charge in [0.05, 0.1) is 5.69 Å². The van der Waals surface area contributed by atoms with E-state index in [1.165, 1.54) is 10.5 Å². The van der Waals surface area contributed by atoms with Crippen molar-refractivity contribution in [3.63, 3.8) is 0 Å². The molecular weight excluding hydrogens is 332 g/mol. The smallest absolute Gasteiger partial charge is 0.335 e. The molecular formula is C20H20N2O4. The molecule has 26 heavy (non-hydrogen) atoms. The summed E-state index contributed by atoms with van der Waals surface area (Å²) in [5, 5.41) is 10.2. The molecule has 1 aromatic carbocycles. The molecule has 2 aromatic heterocycles. The number of nitrogens with zero attached hydrogens (tertiary/aromatic N) is 2. The van der Waals surface area contributed by atoms with Crippen molar-refractivity contribution in [1.29, 1.82) is 0 Å². The third kappa shape index (κ3) is 3.81. The average molecular weight is 352 g/mol. The molecule has 0 radical (unpaired) electrons. The van der Waals surface area contributed by atoms with E-state index < -0.39 is 18.0 Å². The molecule has 2 heterocycles. The molecule has 0 saturated carbocycles. The predicted molar refractivity (Wildman–Crippen MR) is 96.9 cm³/mol. The molecule has 0 spiro atoms. The molecule has 0 saturated heterocycles. The number of carbonyl (C=O) groups is 1. The lowest BCUT2D eigenvalue weighted by molar-refractivity contribution is -0.156. The van der Waals surface area contributed by atoms with E-state index in [0.717, 1.165) is 11.1 Å². The fourth-order valence-electron chi connectivity index (χ4n) is 2.71. The van der Waals surface area contributed by atoms with Crippen molar-refractivity contribution < 1.29 is 14.6 Å². The van der Waals surface area contributed by atoms with Gasteiger partial charge in [0.15, 0.2) is 6.10 Å². The third-order valence-electron chi connectivity index (χ3n) is 4.26. The van der Waals surface area contributed by atoms with Crippen LogP contribution in [0.2, 0.25) is 0 Å². The van der Waals surface area contributed by atoms with Gasteiger partial charge in [-0.2, -0.15) is 0 Å². The Labute approximate surface area is 150 Å². The maximum Gasteiger partial charge on any atom is 0.335 e. The average Bonchev–Trinajstić information content (AvgIpc) is 2.66. The largest absolute Gasteiger partial charge is 0.457 e. The van der Waals surface area contributed by atoms with Gasteiger partial charge in [0.1, 0.15) is 12.3 Å². The van der Waals surface area contributed by atoms with Crippen molar-refractivity contribution in [2.75, 3.05) is 0 Å². The van der Waals surface area contributed by atoms with Gasteiger partial charge in [0, 0.05) is 18.2 Å². The van der Waals surface area contributed by atoms with Gasteiger partial charge in [-0.25, -0.2) is 9.78 Å². The molecule has 3 rings (SSSR count). The Hall–Kier alpha value is -2.99. The van der Waals surface area contributed by atoms with Crippen LogP contribution in [0.5, 0.6) is 0 Å². The maximum absolute atomic E-state index is 12.2. The molecule has 0 amide bonds. The van der Waals surface area contributed by atoms with Crippen LogP contribution in [0.15, 0.2) is 59.5 Å². The Bertz CT molecular complexity index is 982. The first-order chi connectivity index (χ1) is 12.5. The van der Waals surface area contributed by atoms with E-state index >= 15 is 0 Å². The molecule has 0 aliphatic carbocycles. The monoisotopic (exact) mass is 352 g/mol. The predicted octanol–water partition coefficient (Wildman–Crippen LogP) is 2.21. The summed E-state index contributed by atoms with van der Waals surface area (Å²) in [6.07, 6.45) is 0.410. The summed E-state index contributed by atoms with van der Waals surface area (Å²) < 4.78 is 6.60. The van der Waals surface area contributed by atoms with E-state index in [1.807, 2.05) is 43.3 Å². The van der Waals surface area contributed by atoms with Gasteiger partial charge < -0.3 is 9.84 Å². The van der Waals surface area contributed by atoms with E-state index in [-0.39, 0.29) is 12.2 Å². The van der Waals surface area contributed by atoms with Crippen LogP contribution in [0.1, 0.15) is 29.7 Å². The zero-order valence-electron chi connectivity index (χ0n) is 14.6. The number of ether oxygens (including phenoxy) is 1. The van der Waals surface area contributed by atoms with Crippen molar-refractivity contribution in [2.24, 2.45) is 0 Å². The molecule has 0 bridgehead atoms. The van der Waals surface area contributed by atoms with Crippen LogP contribution in [0, 0.1) is 6.92 Å². The van der Waals surface area contributed by atoms with Crippen LogP contribution in [-0.2, 0) is 16.1 Å². The number of aromatic nitrogens is 2. The van der Waals surface area contributed by atoms with Gasteiger partial charge in [-0.3, -0.25) is 9.20 Å². The van der Waals surface area contributed by atoms with Gasteiger partial charge in [0.2, 0.25) is 0 Å². The lowest BCUT2D eigenvalue weighted by atomic mass is 9.95. The van der Waals surface area contributed by atoms with Crippen LogP contribution in [0.4, 0.5) is 0 Å². The zero-order chi connectivity index (χ0) is 18.7. The molecule has 0 aliphatic heterocycles. The number of carbonyl (C=O) groups excluding carboxylic acids is 1. The second-order valence-electron chi connectivity index (χ2n) is 6.27. The first kappa shape index (κ1) is 17.8. The van der Waals surface area contributed by atoms with Crippen molar-refractivity contribution in [3.05, 3.63) is 81.9 Å². The lowest BCUT2D eigenvalue weighted by Crippen LogP contribution is -2.28. The van der Waals surface area contributed by atoms with E-state index in [2.05, 4.69) is 4.98 Å². The molecule has 0 fully saturated rings. The van der Waals surface area contributed by atoms with Gasteiger partial charge in [-0.05, 0) is 24.1 Å². The van der Waals surface area contributed by atoms with Crippen molar-refractivity contribution in [1.82, 2.24) is 9.38 Å². The third-order valence-corrected chi connectivity index (χ3v) is 4.26. The topological polar surface area (TPSA) is 80.9 Å². The Morgan fingerprint density at radius 2 is 1.96 bits per heavy atom. The number of aliphatic hydroxyl groups is 1. The van der Waals surface area contributed by atoms with Crippen LogP contribution in [-0.4, -0.2) is 26.6 Å². The van der Waals surface area contributed by atoms with E-state index in [4.69, 9.17) is 4.74 Å². The number of benzene rings is 1. The van der Waals surface area contributed by atoms with Crippen LogP contribution < -0.4 is 5.56 Å². The van der Waals surface area contributed by atoms with Crippen LogP contribution in [0.25, 0.3) is 5.65 Å². The Kier molecular flexibility index (Phi) is 5.14.